The number of methoxy groups -OCH3 is 1. The third-order valence-electron chi connectivity index (χ3n) is 4.19. The predicted octanol–water partition coefficient (Wildman–Crippen LogP) is 3.84. The van der Waals surface area contributed by atoms with Gasteiger partial charge in [-0.25, -0.2) is 4.98 Å². The topological polar surface area (TPSA) is 73.3 Å². The van der Waals surface area contributed by atoms with E-state index in [-0.39, 0.29) is 5.91 Å². The lowest BCUT2D eigenvalue weighted by atomic mass is 10.1. The maximum Gasteiger partial charge on any atom is 0.251 e. The van der Waals surface area contributed by atoms with Crippen LogP contribution in [0.5, 0.6) is 17.4 Å². The van der Waals surface area contributed by atoms with Crippen molar-refractivity contribution in [3.8, 4) is 28.8 Å². The van der Waals surface area contributed by atoms with Crippen LogP contribution in [0.3, 0.4) is 0 Å². The normalized spacial score (nSPS) is 13.1. The molecule has 136 valence electrons. The summed E-state index contributed by atoms with van der Waals surface area (Å²) in [7, 11) is 1.61. The van der Waals surface area contributed by atoms with Gasteiger partial charge in [0.15, 0.2) is 5.82 Å². The summed E-state index contributed by atoms with van der Waals surface area (Å²) in [5.74, 6) is 2.17. The second-order valence-corrected chi connectivity index (χ2v) is 6.33. The van der Waals surface area contributed by atoms with E-state index in [4.69, 9.17) is 9.47 Å². The standard InChI is InChI=1S/C21H19N3O3/c1-26-17-6-3-7-18(13-17)27-19-10-11-22-20(24-19)14-4-2-5-15(12-14)21(25)23-16-8-9-16/h2-7,10-13,16H,8-9H2,1H3,(H,23,25). The first kappa shape index (κ1) is 17.0. The van der Waals surface area contributed by atoms with E-state index >= 15 is 0 Å². The molecular formula is C21H19N3O3. The Balaban J connectivity index is 1.55. The molecule has 4 rings (SSSR count). The molecule has 1 saturated carbocycles. The summed E-state index contributed by atoms with van der Waals surface area (Å²) in [5, 5.41) is 2.99. The van der Waals surface area contributed by atoms with Crippen molar-refractivity contribution in [1.82, 2.24) is 15.3 Å². The Morgan fingerprint density at radius 1 is 1.07 bits per heavy atom. The first-order chi connectivity index (χ1) is 13.2. The van der Waals surface area contributed by atoms with Crippen molar-refractivity contribution in [2.45, 2.75) is 18.9 Å². The largest absolute Gasteiger partial charge is 0.497 e. The highest BCUT2D eigenvalue weighted by Crippen LogP contribution is 2.26. The quantitative estimate of drug-likeness (QED) is 0.722. The average Bonchev–Trinajstić information content (AvgIpc) is 3.52. The average molecular weight is 361 g/mol. The van der Waals surface area contributed by atoms with Crippen LogP contribution in [0.25, 0.3) is 11.4 Å². The van der Waals surface area contributed by atoms with Gasteiger partial charge in [-0.1, -0.05) is 18.2 Å². The molecule has 0 radical (unpaired) electrons. The van der Waals surface area contributed by atoms with Crippen LogP contribution in [-0.2, 0) is 0 Å². The zero-order valence-electron chi connectivity index (χ0n) is 14.9. The van der Waals surface area contributed by atoms with Crippen LogP contribution in [0.4, 0.5) is 0 Å². The number of carbonyl (C=O) groups is 1. The Bertz CT molecular complexity index is 970. The van der Waals surface area contributed by atoms with Crippen molar-refractivity contribution in [3.63, 3.8) is 0 Å². The number of ether oxygens (including phenoxy) is 2. The minimum absolute atomic E-state index is 0.0665. The Labute approximate surface area is 157 Å². The molecule has 0 atom stereocenters. The number of aromatic nitrogens is 2. The Morgan fingerprint density at radius 3 is 2.70 bits per heavy atom. The van der Waals surface area contributed by atoms with Crippen molar-refractivity contribution in [1.29, 1.82) is 0 Å². The predicted molar refractivity (Wildman–Crippen MR) is 101 cm³/mol. The van der Waals surface area contributed by atoms with Gasteiger partial charge in [0, 0.05) is 35.5 Å². The molecule has 1 fully saturated rings. The fraction of sp³-hybridized carbons (Fsp3) is 0.190. The van der Waals surface area contributed by atoms with Crippen molar-refractivity contribution < 1.29 is 14.3 Å². The second-order valence-electron chi connectivity index (χ2n) is 6.33. The van der Waals surface area contributed by atoms with E-state index in [1.54, 1.807) is 37.6 Å². The van der Waals surface area contributed by atoms with Crippen molar-refractivity contribution >= 4 is 5.91 Å². The molecule has 0 bridgehead atoms. The third kappa shape index (κ3) is 4.23. The van der Waals surface area contributed by atoms with Crippen LogP contribution in [0.15, 0.2) is 60.8 Å². The first-order valence-electron chi connectivity index (χ1n) is 8.77. The third-order valence-corrected chi connectivity index (χ3v) is 4.19. The number of amides is 1. The van der Waals surface area contributed by atoms with Gasteiger partial charge in [-0.2, -0.15) is 4.98 Å². The number of rotatable bonds is 6. The zero-order chi connectivity index (χ0) is 18.6. The minimum Gasteiger partial charge on any atom is -0.497 e. The maximum atomic E-state index is 12.3. The molecule has 2 aromatic carbocycles. The van der Waals surface area contributed by atoms with E-state index in [9.17, 15) is 4.79 Å². The van der Waals surface area contributed by atoms with Crippen LogP contribution in [0.1, 0.15) is 23.2 Å². The number of carbonyl (C=O) groups excluding carboxylic acids is 1. The molecule has 0 aliphatic heterocycles. The SMILES string of the molecule is COc1cccc(Oc2ccnc(-c3cccc(C(=O)NC4CC4)c3)n2)c1. The monoisotopic (exact) mass is 361 g/mol. The summed E-state index contributed by atoms with van der Waals surface area (Å²) in [5.41, 5.74) is 1.36. The minimum atomic E-state index is -0.0665. The second kappa shape index (κ2) is 7.45. The number of benzene rings is 2. The first-order valence-corrected chi connectivity index (χ1v) is 8.77. The summed E-state index contributed by atoms with van der Waals surface area (Å²) < 4.78 is 11.0. The number of nitrogens with one attached hydrogen (secondary N) is 1. The van der Waals surface area contributed by atoms with Crippen LogP contribution in [-0.4, -0.2) is 29.0 Å². The van der Waals surface area contributed by atoms with E-state index in [0.717, 1.165) is 18.4 Å². The molecule has 1 N–H and O–H groups in total. The van der Waals surface area contributed by atoms with Crippen LogP contribution >= 0.6 is 0 Å². The fourth-order valence-electron chi connectivity index (χ4n) is 2.62. The highest BCUT2D eigenvalue weighted by molar-refractivity contribution is 5.95. The summed E-state index contributed by atoms with van der Waals surface area (Å²) in [6.07, 6.45) is 3.74. The summed E-state index contributed by atoms with van der Waals surface area (Å²) in [4.78, 5) is 21.0. The molecular weight excluding hydrogens is 342 g/mol. The molecule has 1 aliphatic carbocycles. The number of hydrogen-bond acceptors (Lipinski definition) is 5. The van der Waals surface area contributed by atoms with Crippen molar-refractivity contribution in [2.75, 3.05) is 7.11 Å². The van der Waals surface area contributed by atoms with Gasteiger partial charge in [0.2, 0.25) is 5.88 Å². The van der Waals surface area contributed by atoms with Crippen molar-refractivity contribution in [2.24, 2.45) is 0 Å². The molecule has 0 spiro atoms. The van der Waals surface area contributed by atoms with E-state index in [1.807, 2.05) is 30.3 Å². The molecule has 3 aromatic rings. The molecule has 0 unspecified atom stereocenters. The van der Waals surface area contributed by atoms with Gasteiger partial charge < -0.3 is 14.8 Å². The summed E-state index contributed by atoms with van der Waals surface area (Å²) >= 11 is 0. The maximum absolute atomic E-state index is 12.3. The number of nitrogens with zero attached hydrogens (tertiary/aromatic N) is 2. The van der Waals surface area contributed by atoms with Gasteiger partial charge in [-0.3, -0.25) is 4.79 Å². The molecule has 6 heteroatoms. The van der Waals surface area contributed by atoms with Gasteiger partial charge in [-0.15, -0.1) is 0 Å². The zero-order valence-corrected chi connectivity index (χ0v) is 14.9. The summed E-state index contributed by atoms with van der Waals surface area (Å²) in [6.45, 7) is 0. The van der Waals surface area contributed by atoms with E-state index in [2.05, 4.69) is 15.3 Å². The molecule has 1 aromatic heterocycles. The molecule has 1 amide bonds. The molecule has 1 aliphatic rings. The molecule has 27 heavy (non-hydrogen) atoms. The molecule has 1 heterocycles. The Kier molecular flexibility index (Phi) is 4.70. The molecule has 6 nitrogen and oxygen atoms in total. The lowest BCUT2D eigenvalue weighted by molar-refractivity contribution is 0.0951. The van der Waals surface area contributed by atoms with E-state index in [0.29, 0.717) is 34.8 Å². The van der Waals surface area contributed by atoms with Crippen LogP contribution in [0.2, 0.25) is 0 Å². The Morgan fingerprint density at radius 2 is 1.89 bits per heavy atom. The fourth-order valence-corrected chi connectivity index (χ4v) is 2.62. The van der Waals surface area contributed by atoms with Gasteiger partial charge in [0.25, 0.3) is 5.91 Å². The van der Waals surface area contributed by atoms with Gasteiger partial charge in [-0.05, 0) is 37.1 Å². The smallest absolute Gasteiger partial charge is 0.251 e. The van der Waals surface area contributed by atoms with E-state index in [1.165, 1.54) is 0 Å². The van der Waals surface area contributed by atoms with Crippen LogP contribution < -0.4 is 14.8 Å². The lowest BCUT2D eigenvalue weighted by Gasteiger charge is -2.08. The number of hydrogen-bond donors (Lipinski definition) is 1. The summed E-state index contributed by atoms with van der Waals surface area (Å²) in [6, 6.07) is 16.6. The van der Waals surface area contributed by atoms with Gasteiger partial charge in [0.05, 0.1) is 7.11 Å². The highest BCUT2D eigenvalue weighted by atomic mass is 16.5. The lowest BCUT2D eigenvalue weighted by Crippen LogP contribution is -2.25. The van der Waals surface area contributed by atoms with Crippen molar-refractivity contribution in [3.05, 3.63) is 66.4 Å². The molecule has 0 saturated heterocycles. The van der Waals surface area contributed by atoms with Gasteiger partial charge >= 0.3 is 0 Å². The Hall–Kier alpha value is -3.41. The van der Waals surface area contributed by atoms with Crippen LogP contribution in [0, 0.1) is 0 Å². The highest BCUT2D eigenvalue weighted by Gasteiger charge is 2.23. The van der Waals surface area contributed by atoms with E-state index < -0.39 is 0 Å². The van der Waals surface area contributed by atoms with Gasteiger partial charge in [0.1, 0.15) is 11.5 Å².